The molecular weight excluding hydrogens is 286 g/mol. The van der Waals surface area contributed by atoms with Crippen LogP contribution in [0.2, 0.25) is 0 Å². The molecule has 0 radical (unpaired) electrons. The molecule has 1 aromatic heterocycles. The minimum Gasteiger partial charge on any atom is -0.475 e. The molecule has 1 aliphatic heterocycles. The SMILES string of the molecule is CCC1CN(Cc2c(C(=O)O)oc3ccccc23)CCS1. The Morgan fingerprint density at radius 3 is 3.05 bits per heavy atom. The number of para-hydroxylation sites is 1. The van der Waals surface area contributed by atoms with E-state index in [4.69, 9.17) is 4.42 Å². The molecule has 2 heterocycles. The van der Waals surface area contributed by atoms with Crippen molar-refractivity contribution in [1.82, 2.24) is 4.90 Å². The molecule has 4 nitrogen and oxygen atoms in total. The molecule has 0 bridgehead atoms. The van der Waals surface area contributed by atoms with Crippen molar-refractivity contribution in [2.45, 2.75) is 25.1 Å². The number of hydrogen-bond donors (Lipinski definition) is 1. The van der Waals surface area contributed by atoms with Crippen molar-refractivity contribution in [3.8, 4) is 0 Å². The summed E-state index contributed by atoms with van der Waals surface area (Å²) in [6, 6.07) is 7.56. The largest absolute Gasteiger partial charge is 0.475 e. The van der Waals surface area contributed by atoms with Gasteiger partial charge in [0.15, 0.2) is 0 Å². The minimum atomic E-state index is -0.986. The minimum absolute atomic E-state index is 0.0856. The number of carboxylic acid groups (broad SMARTS) is 1. The van der Waals surface area contributed by atoms with Gasteiger partial charge in [0, 0.05) is 41.6 Å². The summed E-state index contributed by atoms with van der Waals surface area (Å²) in [4.78, 5) is 13.8. The number of nitrogens with zero attached hydrogens (tertiary/aromatic N) is 1. The number of benzene rings is 1. The highest BCUT2D eigenvalue weighted by molar-refractivity contribution is 8.00. The van der Waals surface area contributed by atoms with Crippen LogP contribution in [0.1, 0.15) is 29.5 Å². The third-order valence-electron chi connectivity index (χ3n) is 3.95. The predicted molar refractivity (Wildman–Crippen MR) is 85.0 cm³/mol. The van der Waals surface area contributed by atoms with Crippen LogP contribution in [-0.2, 0) is 6.54 Å². The Kier molecular flexibility index (Phi) is 4.22. The van der Waals surface area contributed by atoms with Gasteiger partial charge in [-0.1, -0.05) is 25.1 Å². The molecule has 0 spiro atoms. The first-order chi connectivity index (χ1) is 10.2. The molecule has 1 aliphatic rings. The standard InChI is InChI=1S/C16H19NO3S/c1-2-11-9-17(7-8-21-11)10-13-12-5-3-4-6-14(12)20-15(13)16(18)19/h3-6,11H,2,7-10H2,1H3,(H,18,19). The van der Waals surface area contributed by atoms with Gasteiger partial charge in [0.2, 0.25) is 5.76 Å². The summed E-state index contributed by atoms with van der Waals surface area (Å²) in [7, 11) is 0. The lowest BCUT2D eigenvalue weighted by molar-refractivity contribution is 0.0661. The second-order valence-corrected chi connectivity index (χ2v) is 6.76. The van der Waals surface area contributed by atoms with Gasteiger partial charge in [-0.05, 0) is 12.5 Å². The lowest BCUT2D eigenvalue weighted by atomic mass is 10.1. The van der Waals surface area contributed by atoms with Crippen molar-refractivity contribution in [2.24, 2.45) is 0 Å². The van der Waals surface area contributed by atoms with Crippen LogP contribution in [-0.4, -0.2) is 40.1 Å². The quantitative estimate of drug-likeness (QED) is 0.937. The highest BCUT2D eigenvalue weighted by atomic mass is 32.2. The Hall–Kier alpha value is -1.46. The Morgan fingerprint density at radius 1 is 1.48 bits per heavy atom. The Balaban J connectivity index is 1.91. The van der Waals surface area contributed by atoms with Gasteiger partial charge in [0.25, 0.3) is 0 Å². The van der Waals surface area contributed by atoms with Gasteiger partial charge in [-0.15, -0.1) is 0 Å². The number of carboxylic acids is 1. The van der Waals surface area contributed by atoms with Gasteiger partial charge in [-0.25, -0.2) is 4.79 Å². The van der Waals surface area contributed by atoms with E-state index in [1.54, 1.807) is 0 Å². The van der Waals surface area contributed by atoms with Crippen LogP contribution in [0.4, 0.5) is 0 Å². The summed E-state index contributed by atoms with van der Waals surface area (Å²) in [6.07, 6.45) is 1.15. The fourth-order valence-corrected chi connectivity index (χ4v) is 4.07. The van der Waals surface area contributed by atoms with Crippen LogP contribution in [0.15, 0.2) is 28.7 Å². The highest BCUT2D eigenvalue weighted by Gasteiger charge is 2.24. The van der Waals surface area contributed by atoms with E-state index in [0.717, 1.165) is 36.2 Å². The summed E-state index contributed by atoms with van der Waals surface area (Å²) >= 11 is 2.01. The van der Waals surface area contributed by atoms with Gasteiger partial charge < -0.3 is 9.52 Å². The molecule has 1 fully saturated rings. The number of aromatic carboxylic acids is 1. The van der Waals surface area contributed by atoms with E-state index in [2.05, 4.69) is 11.8 Å². The van der Waals surface area contributed by atoms with E-state index in [0.29, 0.717) is 17.4 Å². The van der Waals surface area contributed by atoms with Gasteiger partial charge >= 0.3 is 5.97 Å². The highest BCUT2D eigenvalue weighted by Crippen LogP contribution is 2.29. The van der Waals surface area contributed by atoms with E-state index in [1.807, 2.05) is 36.0 Å². The number of furan rings is 1. The number of rotatable bonds is 4. The maximum Gasteiger partial charge on any atom is 0.372 e. The predicted octanol–water partition coefficient (Wildman–Crippen LogP) is 3.46. The number of carbonyl (C=O) groups is 1. The normalized spacial score (nSPS) is 20.0. The van der Waals surface area contributed by atoms with Crippen LogP contribution in [0.25, 0.3) is 11.0 Å². The first kappa shape index (κ1) is 14.5. The van der Waals surface area contributed by atoms with Crippen molar-refractivity contribution in [3.63, 3.8) is 0 Å². The zero-order valence-corrected chi connectivity index (χ0v) is 12.9. The van der Waals surface area contributed by atoms with Crippen molar-refractivity contribution < 1.29 is 14.3 Å². The third kappa shape index (κ3) is 2.94. The maximum atomic E-state index is 11.4. The van der Waals surface area contributed by atoms with Crippen LogP contribution >= 0.6 is 11.8 Å². The molecule has 0 aliphatic carbocycles. The van der Waals surface area contributed by atoms with Gasteiger partial charge in [-0.2, -0.15) is 11.8 Å². The molecule has 21 heavy (non-hydrogen) atoms. The third-order valence-corrected chi connectivity index (χ3v) is 5.32. The molecule has 0 amide bonds. The van der Waals surface area contributed by atoms with Crippen LogP contribution in [0.3, 0.4) is 0 Å². The zero-order chi connectivity index (χ0) is 14.8. The summed E-state index contributed by atoms with van der Waals surface area (Å²) in [5.74, 6) is 0.207. The van der Waals surface area contributed by atoms with Crippen LogP contribution in [0, 0.1) is 0 Å². The van der Waals surface area contributed by atoms with Gasteiger partial charge in [0.1, 0.15) is 5.58 Å². The summed E-state index contributed by atoms with van der Waals surface area (Å²) < 4.78 is 5.52. The molecule has 2 aromatic rings. The Labute approximate surface area is 128 Å². The molecule has 1 saturated heterocycles. The Bertz CT molecular complexity index is 652. The van der Waals surface area contributed by atoms with E-state index in [1.165, 1.54) is 0 Å². The van der Waals surface area contributed by atoms with E-state index >= 15 is 0 Å². The molecule has 1 aromatic carbocycles. The second-order valence-electron chi connectivity index (χ2n) is 5.35. The summed E-state index contributed by atoms with van der Waals surface area (Å²) in [6.45, 7) is 4.87. The van der Waals surface area contributed by atoms with Crippen LogP contribution in [0.5, 0.6) is 0 Å². The molecule has 5 heteroatoms. The summed E-state index contributed by atoms with van der Waals surface area (Å²) in [5, 5.41) is 10.9. The van der Waals surface area contributed by atoms with Crippen molar-refractivity contribution in [1.29, 1.82) is 0 Å². The molecule has 112 valence electrons. The fourth-order valence-electron chi connectivity index (χ4n) is 2.82. The van der Waals surface area contributed by atoms with Crippen molar-refractivity contribution in [3.05, 3.63) is 35.6 Å². The number of thioether (sulfide) groups is 1. The van der Waals surface area contributed by atoms with E-state index in [9.17, 15) is 9.90 Å². The van der Waals surface area contributed by atoms with E-state index < -0.39 is 5.97 Å². The molecular formula is C16H19NO3S. The zero-order valence-electron chi connectivity index (χ0n) is 12.0. The first-order valence-electron chi connectivity index (χ1n) is 7.26. The summed E-state index contributed by atoms with van der Waals surface area (Å²) in [5.41, 5.74) is 1.46. The average Bonchev–Trinajstić information content (AvgIpc) is 2.87. The van der Waals surface area contributed by atoms with Crippen molar-refractivity contribution in [2.75, 3.05) is 18.8 Å². The fraction of sp³-hybridized carbons (Fsp3) is 0.438. The first-order valence-corrected chi connectivity index (χ1v) is 8.31. The molecule has 1 N–H and O–H groups in total. The molecule has 1 atom stereocenters. The number of fused-ring (bicyclic) bond motifs is 1. The topological polar surface area (TPSA) is 53.7 Å². The maximum absolute atomic E-state index is 11.4. The second kappa shape index (κ2) is 6.12. The molecule has 3 rings (SSSR count). The monoisotopic (exact) mass is 305 g/mol. The van der Waals surface area contributed by atoms with Gasteiger partial charge in [0.05, 0.1) is 0 Å². The van der Waals surface area contributed by atoms with Gasteiger partial charge in [-0.3, -0.25) is 4.90 Å². The molecule has 1 unspecified atom stereocenters. The number of hydrogen-bond acceptors (Lipinski definition) is 4. The Morgan fingerprint density at radius 2 is 2.29 bits per heavy atom. The average molecular weight is 305 g/mol. The lowest BCUT2D eigenvalue weighted by Gasteiger charge is -2.31. The molecule has 0 saturated carbocycles. The smallest absolute Gasteiger partial charge is 0.372 e. The van der Waals surface area contributed by atoms with Crippen molar-refractivity contribution >= 4 is 28.7 Å². The lowest BCUT2D eigenvalue weighted by Crippen LogP contribution is -2.37. The van der Waals surface area contributed by atoms with Crippen LogP contribution < -0.4 is 0 Å². The van der Waals surface area contributed by atoms with E-state index in [-0.39, 0.29) is 5.76 Å².